The van der Waals surface area contributed by atoms with Crippen LogP contribution in [0.5, 0.6) is 0 Å². The lowest BCUT2D eigenvalue weighted by Gasteiger charge is -2.26. The Morgan fingerprint density at radius 1 is 1.11 bits per heavy atom. The van der Waals surface area contributed by atoms with Crippen molar-refractivity contribution in [3.8, 4) is 0 Å². The maximum atomic E-state index is 12.9. The molecular weight excluding hydrogens is 351 g/mol. The molecule has 0 saturated heterocycles. The van der Waals surface area contributed by atoms with Gasteiger partial charge in [-0.2, -0.15) is 22.0 Å². The lowest BCUT2D eigenvalue weighted by Crippen LogP contribution is -2.46. The van der Waals surface area contributed by atoms with Crippen LogP contribution in [0.4, 0.5) is 26.3 Å². The number of hydrogen-bond donors (Lipinski definition) is 1. The Hall–Kier alpha value is -0.470. The van der Waals surface area contributed by atoms with Crippen LogP contribution >= 0.6 is 28.3 Å². The molecule has 9 heteroatoms. The van der Waals surface area contributed by atoms with Crippen molar-refractivity contribution in [3.63, 3.8) is 0 Å². The normalized spacial score (nSPS) is 14.0. The molecule has 0 bridgehead atoms. The van der Waals surface area contributed by atoms with E-state index in [1.54, 1.807) is 0 Å². The van der Waals surface area contributed by atoms with Gasteiger partial charge in [-0.05, 0) is 23.8 Å². The Morgan fingerprint density at radius 2 is 1.61 bits per heavy atom. The lowest BCUT2D eigenvalue weighted by atomic mass is 10.0. The second-order valence-electron chi connectivity index (χ2n) is 3.26. The van der Waals surface area contributed by atoms with Crippen molar-refractivity contribution in [1.29, 1.82) is 0 Å². The van der Waals surface area contributed by atoms with Crippen LogP contribution in [0.3, 0.4) is 0 Å². The van der Waals surface area contributed by atoms with E-state index in [4.69, 9.17) is 5.73 Å². The molecule has 0 heterocycles. The number of rotatable bonds is 2. The van der Waals surface area contributed by atoms with Gasteiger partial charge in [-0.1, -0.05) is 15.9 Å². The highest BCUT2D eigenvalue weighted by atomic mass is 79.9. The highest BCUT2D eigenvalue weighted by Gasteiger charge is 2.62. The van der Waals surface area contributed by atoms with Gasteiger partial charge in [0, 0.05) is 4.47 Å². The first kappa shape index (κ1) is 17.5. The lowest BCUT2D eigenvalue weighted by molar-refractivity contribution is -0.291. The maximum Gasteiger partial charge on any atom is 0.455 e. The second kappa shape index (κ2) is 5.66. The summed E-state index contributed by atoms with van der Waals surface area (Å²) >= 11 is 2.74. The second-order valence-corrected chi connectivity index (χ2v) is 4.12. The average molecular weight is 359 g/mol. The van der Waals surface area contributed by atoms with Crippen molar-refractivity contribution in [1.82, 2.24) is 0 Å². The first-order chi connectivity index (χ1) is 7.57. The van der Waals surface area contributed by atoms with E-state index in [0.717, 1.165) is 12.1 Å². The third kappa shape index (κ3) is 3.30. The molecule has 1 rings (SSSR count). The van der Waals surface area contributed by atoms with Gasteiger partial charge < -0.3 is 5.73 Å². The van der Waals surface area contributed by atoms with E-state index >= 15 is 0 Å². The maximum absolute atomic E-state index is 12.9. The molecule has 0 radical (unpaired) electrons. The summed E-state index contributed by atoms with van der Waals surface area (Å²) in [5.74, 6) is -6.08. The molecule has 2 N–H and O–H groups in total. The van der Waals surface area contributed by atoms with Crippen LogP contribution < -0.4 is 5.73 Å². The van der Waals surface area contributed by atoms with E-state index < -0.39 is 29.5 Å². The molecule has 0 spiro atoms. The molecule has 0 aliphatic rings. The van der Waals surface area contributed by atoms with Gasteiger partial charge in [0.2, 0.25) is 0 Å². The molecule has 1 aromatic carbocycles. The summed E-state index contributed by atoms with van der Waals surface area (Å²) in [6, 6.07) is -0.218. The molecule has 0 aliphatic heterocycles. The van der Waals surface area contributed by atoms with Crippen LogP contribution in [0.25, 0.3) is 0 Å². The van der Waals surface area contributed by atoms with Crippen LogP contribution in [-0.2, 0) is 0 Å². The molecule has 1 aromatic rings. The monoisotopic (exact) mass is 357 g/mol. The number of nitrogens with two attached hydrogens (primary N) is 1. The van der Waals surface area contributed by atoms with Gasteiger partial charge in [-0.15, -0.1) is 12.4 Å². The summed E-state index contributed by atoms with van der Waals surface area (Å²) in [5, 5.41) is 0. The van der Waals surface area contributed by atoms with E-state index in [9.17, 15) is 26.3 Å². The van der Waals surface area contributed by atoms with E-state index in [0.29, 0.717) is 6.07 Å². The van der Waals surface area contributed by atoms with Crippen molar-refractivity contribution in [3.05, 3.63) is 34.1 Å². The Labute approximate surface area is 113 Å². The molecular formula is C9H7BrClF6N. The summed E-state index contributed by atoms with van der Waals surface area (Å²) in [6.45, 7) is 0. The van der Waals surface area contributed by atoms with Crippen molar-refractivity contribution in [2.24, 2.45) is 5.73 Å². The zero-order valence-electron chi connectivity index (χ0n) is 8.44. The fourth-order valence-electron chi connectivity index (χ4n) is 1.12. The third-order valence-corrected chi connectivity index (χ3v) is 2.78. The fraction of sp³-hybridized carbons (Fsp3) is 0.333. The molecule has 18 heavy (non-hydrogen) atoms. The molecule has 0 amide bonds. The number of halogens is 8. The van der Waals surface area contributed by atoms with Crippen LogP contribution in [0, 0.1) is 5.82 Å². The molecule has 0 unspecified atom stereocenters. The largest absolute Gasteiger partial charge is 0.455 e. The van der Waals surface area contributed by atoms with Gasteiger partial charge >= 0.3 is 12.1 Å². The minimum absolute atomic E-state index is 0. The molecule has 0 fully saturated rings. The highest BCUT2D eigenvalue weighted by Crippen LogP contribution is 2.44. The number of alkyl halides is 5. The van der Waals surface area contributed by atoms with E-state index in [1.165, 1.54) is 0 Å². The standard InChI is InChI=1S/C9H6BrF6N.ClH/c10-6-2-1-4(11)3-5(6)7(17)8(12,13)9(14,15)16;/h1-3,7H,17H2;1H/t7-;/m1./s1. The van der Waals surface area contributed by atoms with E-state index in [2.05, 4.69) is 15.9 Å². The van der Waals surface area contributed by atoms with E-state index in [1.807, 2.05) is 0 Å². The van der Waals surface area contributed by atoms with E-state index in [-0.39, 0.29) is 16.9 Å². The summed E-state index contributed by atoms with van der Waals surface area (Å²) in [6.07, 6.45) is -5.79. The van der Waals surface area contributed by atoms with Crippen LogP contribution in [0.1, 0.15) is 11.6 Å². The van der Waals surface area contributed by atoms with Crippen molar-refractivity contribution in [2.75, 3.05) is 0 Å². The summed E-state index contributed by atoms with van der Waals surface area (Å²) in [7, 11) is 0. The van der Waals surface area contributed by atoms with Crippen LogP contribution in [0.2, 0.25) is 0 Å². The average Bonchev–Trinajstić information content (AvgIpc) is 2.19. The Balaban J connectivity index is 0.00000289. The third-order valence-electron chi connectivity index (χ3n) is 2.06. The molecule has 0 aliphatic carbocycles. The van der Waals surface area contributed by atoms with Gasteiger partial charge in [0.15, 0.2) is 0 Å². The zero-order chi connectivity index (χ0) is 13.4. The van der Waals surface area contributed by atoms with Gasteiger partial charge in [0.25, 0.3) is 0 Å². The molecule has 1 atom stereocenters. The first-order valence-electron chi connectivity index (χ1n) is 4.22. The molecule has 0 aromatic heterocycles. The van der Waals surface area contributed by atoms with Gasteiger partial charge in [-0.3, -0.25) is 0 Å². The highest BCUT2D eigenvalue weighted by molar-refractivity contribution is 9.10. The quantitative estimate of drug-likeness (QED) is 0.788. The van der Waals surface area contributed by atoms with Crippen molar-refractivity contribution in [2.45, 2.75) is 18.1 Å². The molecule has 104 valence electrons. The van der Waals surface area contributed by atoms with Gasteiger partial charge in [0.1, 0.15) is 11.9 Å². The number of hydrogen-bond acceptors (Lipinski definition) is 1. The predicted molar refractivity (Wildman–Crippen MR) is 59.3 cm³/mol. The van der Waals surface area contributed by atoms with Crippen LogP contribution in [-0.4, -0.2) is 12.1 Å². The number of benzene rings is 1. The summed E-state index contributed by atoms with van der Waals surface area (Å²) in [4.78, 5) is 0. The smallest absolute Gasteiger partial charge is 0.319 e. The Kier molecular flexibility index (Phi) is 5.52. The Bertz CT molecular complexity index is 422. The topological polar surface area (TPSA) is 26.0 Å². The summed E-state index contributed by atoms with van der Waals surface area (Å²) < 4.78 is 74.7. The van der Waals surface area contributed by atoms with Crippen molar-refractivity contribution >= 4 is 28.3 Å². The fourth-order valence-corrected chi connectivity index (χ4v) is 1.62. The minimum atomic E-state index is -5.79. The van der Waals surface area contributed by atoms with Gasteiger partial charge in [0.05, 0.1) is 0 Å². The Morgan fingerprint density at radius 3 is 2.06 bits per heavy atom. The molecule has 1 nitrogen and oxygen atoms in total. The minimum Gasteiger partial charge on any atom is -0.319 e. The van der Waals surface area contributed by atoms with Crippen molar-refractivity contribution < 1.29 is 26.3 Å². The SMILES string of the molecule is Cl.N[C@H](c1cc(F)ccc1Br)C(F)(F)C(F)(F)F. The molecule has 0 saturated carbocycles. The first-order valence-corrected chi connectivity index (χ1v) is 5.01. The predicted octanol–water partition coefficient (Wildman–Crippen LogP) is 4.21. The van der Waals surface area contributed by atoms with Crippen LogP contribution in [0.15, 0.2) is 22.7 Å². The van der Waals surface area contributed by atoms with Gasteiger partial charge in [-0.25, -0.2) is 4.39 Å². The zero-order valence-corrected chi connectivity index (χ0v) is 10.8. The summed E-state index contributed by atoms with van der Waals surface area (Å²) in [5.41, 5.74) is 4.22.